The van der Waals surface area contributed by atoms with E-state index < -0.39 is 0 Å². The topological polar surface area (TPSA) is 58.1 Å². The summed E-state index contributed by atoms with van der Waals surface area (Å²) in [5, 5.41) is 12.1. The number of nitrogens with one attached hydrogen (secondary N) is 1. The second-order valence-corrected chi connectivity index (χ2v) is 8.46. The van der Waals surface area contributed by atoms with E-state index in [9.17, 15) is 4.79 Å². The fraction of sp³-hybridized carbons (Fsp3) is 0.688. The largest absolute Gasteiger partial charge is 0.357 e. The van der Waals surface area contributed by atoms with Gasteiger partial charge in [-0.3, -0.25) is 4.79 Å². The minimum absolute atomic E-state index is 0.245. The second-order valence-electron chi connectivity index (χ2n) is 6.26. The minimum atomic E-state index is 0.245. The predicted molar refractivity (Wildman–Crippen MR) is 96.0 cm³/mol. The number of fused-ring (bicyclic) bond motifs is 1. The molecule has 1 saturated heterocycles. The highest BCUT2D eigenvalue weighted by Gasteiger charge is 2.32. The Balaban J connectivity index is 1.45. The van der Waals surface area contributed by atoms with Crippen LogP contribution in [0.1, 0.15) is 32.1 Å². The highest BCUT2D eigenvalue weighted by atomic mass is 32.2. The summed E-state index contributed by atoms with van der Waals surface area (Å²) < 4.78 is 0.845. The van der Waals surface area contributed by atoms with E-state index in [1.807, 2.05) is 0 Å². The van der Waals surface area contributed by atoms with Crippen LogP contribution in [0.3, 0.4) is 0 Å². The number of carbonyl (C=O) groups is 1. The Bertz CT molecular complexity index is 548. The fourth-order valence-electron chi connectivity index (χ4n) is 3.54. The van der Waals surface area contributed by atoms with Crippen molar-refractivity contribution in [1.29, 1.82) is 0 Å². The number of likely N-dealkylation sites (tertiary alicyclic amines) is 1. The number of nitrogens with zero attached hydrogens (tertiary/aromatic N) is 3. The van der Waals surface area contributed by atoms with Crippen LogP contribution >= 0.6 is 23.1 Å². The molecule has 2 heterocycles. The van der Waals surface area contributed by atoms with Gasteiger partial charge in [0.15, 0.2) is 4.34 Å². The molecule has 0 unspecified atom stereocenters. The van der Waals surface area contributed by atoms with E-state index >= 15 is 0 Å². The van der Waals surface area contributed by atoms with E-state index in [0.717, 1.165) is 34.4 Å². The maximum absolute atomic E-state index is 12.5. The van der Waals surface area contributed by atoms with Gasteiger partial charge in [-0.15, -0.1) is 16.8 Å². The summed E-state index contributed by atoms with van der Waals surface area (Å²) >= 11 is 2.98. The van der Waals surface area contributed by atoms with E-state index in [1.54, 1.807) is 6.08 Å². The van der Waals surface area contributed by atoms with Crippen molar-refractivity contribution < 1.29 is 4.79 Å². The van der Waals surface area contributed by atoms with Crippen molar-refractivity contribution in [3.63, 3.8) is 0 Å². The van der Waals surface area contributed by atoms with Crippen LogP contribution in [-0.2, 0) is 4.79 Å². The lowest BCUT2D eigenvalue weighted by Crippen LogP contribution is -2.45. The van der Waals surface area contributed by atoms with Crippen LogP contribution in [0.5, 0.6) is 0 Å². The lowest BCUT2D eigenvalue weighted by Gasteiger charge is -2.41. The van der Waals surface area contributed by atoms with Crippen LogP contribution in [0, 0.1) is 11.8 Å². The summed E-state index contributed by atoms with van der Waals surface area (Å²) in [7, 11) is 0. The first-order valence-electron chi connectivity index (χ1n) is 8.35. The van der Waals surface area contributed by atoms with Crippen molar-refractivity contribution >= 4 is 34.1 Å². The third-order valence-corrected chi connectivity index (χ3v) is 6.77. The molecule has 0 spiro atoms. The maximum atomic E-state index is 12.5. The quantitative estimate of drug-likeness (QED) is 0.629. The predicted octanol–water partition coefficient (Wildman–Crippen LogP) is 3.27. The highest BCUT2D eigenvalue weighted by Crippen LogP contribution is 2.36. The molecule has 7 heteroatoms. The molecule has 1 aromatic rings. The van der Waals surface area contributed by atoms with Crippen molar-refractivity contribution in [2.75, 3.05) is 30.7 Å². The maximum Gasteiger partial charge on any atom is 0.233 e. The summed E-state index contributed by atoms with van der Waals surface area (Å²) in [5.41, 5.74) is 0. The van der Waals surface area contributed by atoms with Gasteiger partial charge in [-0.25, -0.2) is 0 Å². The molecule has 1 aromatic heterocycles. The standard InChI is InChI=1S/C16H24N4OS2/c1-2-8-17-15-18-19-16(23-15)22-11-14(21)20-9-7-12-5-3-4-6-13(12)10-20/h2,12-13H,1,3-11H2,(H,17,18)/t12-,13-/m0/s1. The summed E-state index contributed by atoms with van der Waals surface area (Å²) in [6.07, 6.45) is 8.36. The molecule has 2 fully saturated rings. The summed E-state index contributed by atoms with van der Waals surface area (Å²) in [4.78, 5) is 14.5. The number of amides is 1. The molecule has 2 atom stereocenters. The molecular formula is C16H24N4OS2. The Morgan fingerprint density at radius 3 is 3.00 bits per heavy atom. The van der Waals surface area contributed by atoms with Crippen molar-refractivity contribution in [1.82, 2.24) is 15.1 Å². The molecule has 1 aliphatic heterocycles. The van der Waals surface area contributed by atoms with E-state index in [1.165, 1.54) is 55.2 Å². The van der Waals surface area contributed by atoms with Gasteiger partial charge < -0.3 is 10.2 Å². The molecule has 1 aliphatic carbocycles. The van der Waals surface area contributed by atoms with Gasteiger partial charge in [0.2, 0.25) is 11.0 Å². The first-order chi connectivity index (χ1) is 11.3. The smallest absolute Gasteiger partial charge is 0.233 e. The van der Waals surface area contributed by atoms with Crippen LogP contribution in [0.15, 0.2) is 17.0 Å². The van der Waals surface area contributed by atoms with Gasteiger partial charge in [-0.2, -0.15) is 0 Å². The molecule has 0 aromatic carbocycles. The molecule has 23 heavy (non-hydrogen) atoms. The normalized spacial score (nSPS) is 24.1. The number of anilines is 1. The first kappa shape index (κ1) is 16.8. The number of thioether (sulfide) groups is 1. The first-order valence-corrected chi connectivity index (χ1v) is 10.2. The van der Waals surface area contributed by atoms with Crippen molar-refractivity contribution in [2.45, 2.75) is 36.4 Å². The molecular weight excluding hydrogens is 328 g/mol. The van der Waals surface area contributed by atoms with Crippen LogP contribution < -0.4 is 5.32 Å². The SMILES string of the molecule is C=CCNc1nnc(SCC(=O)N2CC[C@@H]3CCCC[C@H]3C2)s1. The van der Waals surface area contributed by atoms with Crippen LogP contribution in [0.2, 0.25) is 0 Å². The van der Waals surface area contributed by atoms with Gasteiger partial charge in [0.25, 0.3) is 0 Å². The van der Waals surface area contributed by atoms with E-state index in [4.69, 9.17) is 0 Å². The Labute approximate surface area is 145 Å². The molecule has 126 valence electrons. The number of carbonyl (C=O) groups excluding carboxylic acids is 1. The average molecular weight is 353 g/mol. The number of rotatable bonds is 6. The van der Waals surface area contributed by atoms with Gasteiger partial charge in [0.1, 0.15) is 0 Å². The fourth-order valence-corrected chi connectivity index (χ4v) is 5.20. The Morgan fingerprint density at radius 1 is 1.35 bits per heavy atom. The molecule has 2 aliphatic rings. The van der Waals surface area contributed by atoms with Gasteiger partial charge in [0, 0.05) is 19.6 Å². The second kappa shape index (κ2) is 8.15. The van der Waals surface area contributed by atoms with Gasteiger partial charge in [0.05, 0.1) is 5.75 Å². The summed E-state index contributed by atoms with van der Waals surface area (Å²) in [5.74, 6) is 2.31. The van der Waals surface area contributed by atoms with E-state index in [-0.39, 0.29) is 5.91 Å². The molecule has 5 nitrogen and oxygen atoms in total. The molecule has 0 bridgehead atoms. The average Bonchev–Trinajstić information content (AvgIpc) is 3.05. The Morgan fingerprint density at radius 2 is 2.17 bits per heavy atom. The van der Waals surface area contributed by atoms with Gasteiger partial charge in [-0.1, -0.05) is 48.4 Å². The zero-order chi connectivity index (χ0) is 16.1. The molecule has 1 amide bonds. The molecule has 3 rings (SSSR count). The highest BCUT2D eigenvalue weighted by molar-refractivity contribution is 8.01. The number of hydrogen-bond acceptors (Lipinski definition) is 6. The monoisotopic (exact) mass is 352 g/mol. The zero-order valence-corrected chi connectivity index (χ0v) is 15.0. The third kappa shape index (κ3) is 4.47. The number of aromatic nitrogens is 2. The molecule has 1 saturated carbocycles. The van der Waals surface area contributed by atoms with Gasteiger partial charge >= 0.3 is 0 Å². The number of piperidine rings is 1. The van der Waals surface area contributed by atoms with Crippen LogP contribution in [-0.4, -0.2) is 46.4 Å². The Hall–Kier alpha value is -1.08. The zero-order valence-electron chi connectivity index (χ0n) is 13.4. The number of hydrogen-bond donors (Lipinski definition) is 1. The van der Waals surface area contributed by atoms with Crippen molar-refractivity contribution in [2.24, 2.45) is 11.8 Å². The summed E-state index contributed by atoms with van der Waals surface area (Å²) in [6.45, 7) is 6.23. The van der Waals surface area contributed by atoms with Crippen molar-refractivity contribution in [3.8, 4) is 0 Å². The van der Waals surface area contributed by atoms with Crippen molar-refractivity contribution in [3.05, 3.63) is 12.7 Å². The van der Waals surface area contributed by atoms with E-state index in [0.29, 0.717) is 12.3 Å². The molecule has 1 N–H and O–H groups in total. The summed E-state index contributed by atoms with van der Waals surface area (Å²) in [6, 6.07) is 0. The minimum Gasteiger partial charge on any atom is -0.357 e. The van der Waals surface area contributed by atoms with E-state index in [2.05, 4.69) is 27.0 Å². The Kier molecular flexibility index (Phi) is 5.94. The lowest BCUT2D eigenvalue weighted by molar-refractivity contribution is -0.131. The van der Waals surface area contributed by atoms with Crippen LogP contribution in [0.4, 0.5) is 5.13 Å². The third-order valence-electron chi connectivity index (χ3n) is 4.77. The lowest BCUT2D eigenvalue weighted by atomic mass is 9.75. The van der Waals surface area contributed by atoms with Gasteiger partial charge in [-0.05, 0) is 24.7 Å². The van der Waals surface area contributed by atoms with Crippen LogP contribution in [0.25, 0.3) is 0 Å². The molecule has 0 radical (unpaired) electrons.